The highest BCUT2D eigenvalue weighted by molar-refractivity contribution is 5.87. The molecule has 0 spiro atoms. The fourth-order valence-electron chi connectivity index (χ4n) is 2.09. The summed E-state index contributed by atoms with van der Waals surface area (Å²) in [5, 5.41) is 0. The van der Waals surface area contributed by atoms with Crippen molar-refractivity contribution in [3.63, 3.8) is 0 Å². The van der Waals surface area contributed by atoms with Gasteiger partial charge in [-0.05, 0) is 45.4 Å². The molecule has 0 fully saturated rings. The van der Waals surface area contributed by atoms with Gasteiger partial charge in [0.1, 0.15) is 0 Å². The molecule has 21 heavy (non-hydrogen) atoms. The third kappa shape index (κ3) is 9.05. The van der Waals surface area contributed by atoms with E-state index in [0.717, 1.165) is 12.8 Å². The van der Waals surface area contributed by atoms with E-state index in [4.69, 9.17) is 9.47 Å². The second-order valence-electron chi connectivity index (χ2n) is 6.06. The predicted molar refractivity (Wildman–Crippen MR) is 83.7 cm³/mol. The lowest BCUT2D eigenvalue weighted by Crippen LogP contribution is -2.20. The molecular formula is C17H28O4. The van der Waals surface area contributed by atoms with Crippen LogP contribution in [0.1, 0.15) is 47.5 Å². The molecule has 0 saturated carbocycles. The van der Waals surface area contributed by atoms with Crippen LogP contribution in [0.15, 0.2) is 24.3 Å². The Balaban J connectivity index is 4.04. The van der Waals surface area contributed by atoms with Gasteiger partial charge in [-0.2, -0.15) is 0 Å². The molecule has 0 aromatic carbocycles. The van der Waals surface area contributed by atoms with Crippen LogP contribution in [0.5, 0.6) is 0 Å². The number of hydrogen-bond donors (Lipinski definition) is 0. The van der Waals surface area contributed by atoms with E-state index in [1.54, 1.807) is 13.8 Å². The SMILES string of the molecule is C=C(C)C(=O)OCC(C)CC(C)CC(C)OC(=O)C(=C)C. The number of hydrogen-bond acceptors (Lipinski definition) is 4. The van der Waals surface area contributed by atoms with Crippen LogP contribution >= 0.6 is 0 Å². The summed E-state index contributed by atoms with van der Waals surface area (Å²) in [6, 6.07) is 0. The molecular weight excluding hydrogens is 268 g/mol. The third-order valence-electron chi connectivity index (χ3n) is 3.04. The van der Waals surface area contributed by atoms with Gasteiger partial charge in [0.2, 0.25) is 0 Å². The zero-order valence-corrected chi connectivity index (χ0v) is 13.9. The predicted octanol–water partition coefficient (Wildman–Crippen LogP) is 3.67. The minimum absolute atomic E-state index is 0.144. The molecule has 0 N–H and O–H groups in total. The topological polar surface area (TPSA) is 52.6 Å². The van der Waals surface area contributed by atoms with Crippen LogP contribution in [0.4, 0.5) is 0 Å². The Morgan fingerprint density at radius 3 is 1.90 bits per heavy atom. The molecule has 0 heterocycles. The molecule has 3 unspecified atom stereocenters. The molecule has 0 aromatic rings. The van der Waals surface area contributed by atoms with Gasteiger partial charge >= 0.3 is 11.9 Å². The van der Waals surface area contributed by atoms with Gasteiger partial charge in [0.25, 0.3) is 0 Å². The number of esters is 2. The molecule has 0 aliphatic heterocycles. The Kier molecular flexibility index (Phi) is 8.67. The van der Waals surface area contributed by atoms with Crippen molar-refractivity contribution in [1.82, 2.24) is 0 Å². The maximum atomic E-state index is 11.4. The summed E-state index contributed by atoms with van der Waals surface area (Å²) in [5.41, 5.74) is 0.824. The van der Waals surface area contributed by atoms with Crippen molar-refractivity contribution < 1.29 is 19.1 Å². The van der Waals surface area contributed by atoms with Crippen molar-refractivity contribution >= 4 is 11.9 Å². The van der Waals surface area contributed by atoms with Gasteiger partial charge in [0.15, 0.2) is 0 Å². The van der Waals surface area contributed by atoms with E-state index in [1.165, 1.54) is 0 Å². The maximum Gasteiger partial charge on any atom is 0.333 e. The molecule has 3 atom stereocenters. The van der Waals surface area contributed by atoms with Gasteiger partial charge in [-0.1, -0.05) is 27.0 Å². The molecule has 0 aliphatic carbocycles. The van der Waals surface area contributed by atoms with Crippen LogP contribution in [0, 0.1) is 11.8 Å². The summed E-state index contributed by atoms with van der Waals surface area (Å²) in [4.78, 5) is 22.7. The standard InChI is InChI=1S/C17H28O4/c1-11(2)16(18)20-10-14(6)8-13(5)9-15(7)21-17(19)12(3)4/h13-15H,1,3,8-10H2,2,4-7H3. The van der Waals surface area contributed by atoms with Crippen LogP contribution in [-0.4, -0.2) is 24.6 Å². The number of rotatable bonds is 9. The van der Waals surface area contributed by atoms with Crippen molar-refractivity contribution in [3.05, 3.63) is 24.3 Å². The van der Waals surface area contributed by atoms with Gasteiger partial charge in [-0.3, -0.25) is 0 Å². The minimum Gasteiger partial charge on any atom is -0.462 e. The van der Waals surface area contributed by atoms with E-state index in [2.05, 4.69) is 20.1 Å². The first-order valence-corrected chi connectivity index (χ1v) is 7.32. The van der Waals surface area contributed by atoms with Crippen molar-refractivity contribution in [1.29, 1.82) is 0 Å². The first-order valence-electron chi connectivity index (χ1n) is 7.32. The maximum absolute atomic E-state index is 11.4. The summed E-state index contributed by atoms with van der Waals surface area (Å²) < 4.78 is 10.4. The van der Waals surface area contributed by atoms with E-state index in [9.17, 15) is 9.59 Å². The number of ether oxygens (including phenoxy) is 2. The van der Waals surface area contributed by atoms with Gasteiger partial charge in [0.05, 0.1) is 12.7 Å². The summed E-state index contributed by atoms with van der Waals surface area (Å²) in [5.74, 6) is -0.0693. The Bertz CT molecular complexity index is 398. The lowest BCUT2D eigenvalue weighted by atomic mass is 9.93. The Morgan fingerprint density at radius 2 is 1.43 bits per heavy atom. The molecule has 0 rings (SSSR count). The van der Waals surface area contributed by atoms with Gasteiger partial charge in [-0.15, -0.1) is 0 Å². The summed E-state index contributed by atoms with van der Waals surface area (Å²) in [6.07, 6.45) is 1.53. The fourth-order valence-corrected chi connectivity index (χ4v) is 2.09. The van der Waals surface area contributed by atoms with Crippen molar-refractivity contribution in [3.8, 4) is 0 Å². The molecule has 120 valence electrons. The Hall–Kier alpha value is -1.58. The molecule has 0 saturated heterocycles. The summed E-state index contributed by atoms with van der Waals surface area (Å²) >= 11 is 0. The fraction of sp³-hybridized carbons (Fsp3) is 0.647. The van der Waals surface area contributed by atoms with Crippen molar-refractivity contribution in [2.45, 2.75) is 53.6 Å². The van der Waals surface area contributed by atoms with Crippen LogP contribution in [-0.2, 0) is 19.1 Å². The lowest BCUT2D eigenvalue weighted by molar-refractivity contribution is -0.144. The average Bonchev–Trinajstić information content (AvgIpc) is 2.34. The highest BCUT2D eigenvalue weighted by atomic mass is 16.5. The second kappa shape index (κ2) is 9.37. The first-order chi connectivity index (χ1) is 9.63. The molecule has 0 aliphatic rings. The van der Waals surface area contributed by atoms with Gasteiger partial charge in [0, 0.05) is 11.1 Å². The molecule has 4 heteroatoms. The second-order valence-corrected chi connectivity index (χ2v) is 6.06. The summed E-state index contributed by atoms with van der Waals surface area (Å²) in [6.45, 7) is 16.8. The zero-order chi connectivity index (χ0) is 16.6. The van der Waals surface area contributed by atoms with Crippen LogP contribution in [0.25, 0.3) is 0 Å². The largest absolute Gasteiger partial charge is 0.462 e. The van der Waals surface area contributed by atoms with E-state index in [1.807, 2.05) is 13.8 Å². The van der Waals surface area contributed by atoms with E-state index < -0.39 is 0 Å². The highest BCUT2D eigenvalue weighted by Crippen LogP contribution is 2.19. The average molecular weight is 296 g/mol. The zero-order valence-electron chi connectivity index (χ0n) is 13.9. The lowest BCUT2D eigenvalue weighted by Gasteiger charge is -2.21. The number of carbonyl (C=O) groups excluding carboxylic acids is 2. The van der Waals surface area contributed by atoms with E-state index in [-0.39, 0.29) is 24.0 Å². The van der Waals surface area contributed by atoms with Crippen LogP contribution < -0.4 is 0 Å². The first kappa shape index (κ1) is 19.4. The molecule has 0 amide bonds. The number of carbonyl (C=O) groups is 2. The minimum atomic E-state index is -0.349. The monoisotopic (exact) mass is 296 g/mol. The van der Waals surface area contributed by atoms with E-state index in [0.29, 0.717) is 23.7 Å². The smallest absolute Gasteiger partial charge is 0.333 e. The third-order valence-corrected chi connectivity index (χ3v) is 3.04. The van der Waals surface area contributed by atoms with Gasteiger partial charge in [-0.25, -0.2) is 9.59 Å². The van der Waals surface area contributed by atoms with Crippen molar-refractivity contribution in [2.75, 3.05) is 6.61 Å². The van der Waals surface area contributed by atoms with Gasteiger partial charge < -0.3 is 9.47 Å². The molecule has 0 bridgehead atoms. The Morgan fingerprint density at radius 1 is 0.905 bits per heavy atom. The van der Waals surface area contributed by atoms with Crippen LogP contribution in [0.2, 0.25) is 0 Å². The highest BCUT2D eigenvalue weighted by Gasteiger charge is 2.17. The van der Waals surface area contributed by atoms with E-state index >= 15 is 0 Å². The van der Waals surface area contributed by atoms with Crippen LogP contribution in [0.3, 0.4) is 0 Å². The molecule has 0 radical (unpaired) electrons. The molecule has 0 aromatic heterocycles. The quantitative estimate of drug-likeness (QED) is 0.481. The van der Waals surface area contributed by atoms with Crippen molar-refractivity contribution in [2.24, 2.45) is 11.8 Å². The normalized spacial score (nSPS) is 14.7. The summed E-state index contributed by atoms with van der Waals surface area (Å²) in [7, 11) is 0. The molecule has 4 nitrogen and oxygen atoms in total. The Labute approximate surface area is 128 Å².